The molecule has 0 saturated carbocycles. The number of benzene rings is 1. The second kappa shape index (κ2) is 6.35. The minimum atomic E-state index is -0.683. The van der Waals surface area contributed by atoms with Crippen molar-refractivity contribution < 1.29 is 14.9 Å². The summed E-state index contributed by atoms with van der Waals surface area (Å²) < 4.78 is 4.81. The molecule has 0 bridgehead atoms. The Bertz CT molecular complexity index is 306. The summed E-state index contributed by atoms with van der Waals surface area (Å²) in [6.07, 6.45) is 0.927. The van der Waals surface area contributed by atoms with E-state index in [-0.39, 0.29) is 13.2 Å². The van der Waals surface area contributed by atoms with Crippen LogP contribution in [-0.4, -0.2) is 36.6 Å². The number of ether oxygens (including phenoxy) is 1. The monoisotopic (exact) mass is 208 g/mol. The molecule has 1 aromatic carbocycles. The molecule has 1 unspecified atom stereocenters. The molecular weight excluding hydrogens is 192 g/mol. The Morgan fingerprint density at radius 1 is 1.40 bits per heavy atom. The highest BCUT2D eigenvalue weighted by molar-refractivity contribution is 5.66. The molecule has 0 aliphatic rings. The van der Waals surface area contributed by atoms with Gasteiger partial charge in [-0.15, -0.1) is 0 Å². The van der Waals surface area contributed by atoms with Crippen LogP contribution in [0.5, 0.6) is 0 Å². The molecule has 0 amide bonds. The summed E-state index contributed by atoms with van der Waals surface area (Å²) in [4.78, 5) is 0. The smallest absolute Gasteiger partial charge is 0.0961 e. The fourth-order valence-electron chi connectivity index (χ4n) is 1.34. The Balaban J connectivity index is 2.79. The van der Waals surface area contributed by atoms with Crippen LogP contribution in [0, 0.1) is 0 Å². The van der Waals surface area contributed by atoms with E-state index in [9.17, 15) is 10.2 Å². The van der Waals surface area contributed by atoms with Gasteiger partial charge in [-0.3, -0.25) is 0 Å². The lowest BCUT2D eigenvalue weighted by atomic mass is 10.1. The lowest BCUT2D eigenvalue weighted by molar-refractivity contribution is 0.0933. The summed E-state index contributed by atoms with van der Waals surface area (Å²) in [5.41, 5.74) is 1.62. The first-order chi connectivity index (χ1) is 7.27. The third-order valence-electron chi connectivity index (χ3n) is 2.05. The molecule has 0 spiro atoms. The number of hydrogen-bond acceptors (Lipinski definition) is 3. The fourth-order valence-corrected chi connectivity index (χ4v) is 1.34. The van der Waals surface area contributed by atoms with Crippen LogP contribution in [0.2, 0.25) is 0 Å². The van der Waals surface area contributed by atoms with Crippen LogP contribution in [-0.2, 0) is 4.74 Å². The van der Waals surface area contributed by atoms with Gasteiger partial charge >= 0.3 is 0 Å². The summed E-state index contributed by atoms with van der Waals surface area (Å²) in [6.45, 7) is 0.140. The van der Waals surface area contributed by atoms with E-state index in [0.717, 1.165) is 5.56 Å². The van der Waals surface area contributed by atoms with Crippen LogP contribution in [0.3, 0.4) is 0 Å². The standard InChI is InChI=1S/C12H16O3/c1-15-9-12(14)7-11(8-13)10-5-3-2-4-6-10/h2-7,12-14H,8-9H2,1H3/b11-7+. The average molecular weight is 208 g/mol. The molecule has 0 radical (unpaired) electrons. The SMILES string of the molecule is COCC(O)/C=C(\CO)c1ccccc1. The molecule has 3 heteroatoms. The van der Waals surface area contributed by atoms with Crippen molar-refractivity contribution in [3.63, 3.8) is 0 Å². The number of aliphatic hydroxyl groups is 2. The highest BCUT2D eigenvalue weighted by Gasteiger charge is 2.04. The van der Waals surface area contributed by atoms with Crippen LogP contribution >= 0.6 is 0 Å². The first-order valence-electron chi connectivity index (χ1n) is 4.82. The van der Waals surface area contributed by atoms with Crippen LogP contribution in [0.25, 0.3) is 5.57 Å². The van der Waals surface area contributed by atoms with Crippen molar-refractivity contribution in [1.82, 2.24) is 0 Å². The first-order valence-corrected chi connectivity index (χ1v) is 4.82. The average Bonchev–Trinajstić information content (AvgIpc) is 2.27. The predicted octanol–water partition coefficient (Wildman–Crippen LogP) is 1.07. The van der Waals surface area contributed by atoms with Crippen LogP contribution in [0.1, 0.15) is 5.56 Å². The molecule has 1 aromatic rings. The number of aliphatic hydroxyl groups excluding tert-OH is 2. The van der Waals surface area contributed by atoms with Gasteiger partial charge in [-0.05, 0) is 17.2 Å². The Morgan fingerprint density at radius 3 is 2.60 bits per heavy atom. The summed E-state index contributed by atoms with van der Waals surface area (Å²) >= 11 is 0. The molecule has 15 heavy (non-hydrogen) atoms. The van der Waals surface area contributed by atoms with E-state index in [2.05, 4.69) is 0 Å². The zero-order valence-corrected chi connectivity index (χ0v) is 8.76. The van der Waals surface area contributed by atoms with Crippen molar-refractivity contribution in [1.29, 1.82) is 0 Å². The van der Waals surface area contributed by atoms with Gasteiger partial charge in [-0.1, -0.05) is 30.3 Å². The Kier molecular flexibility index (Phi) is 5.04. The molecule has 3 nitrogen and oxygen atoms in total. The zero-order valence-electron chi connectivity index (χ0n) is 8.76. The van der Waals surface area contributed by atoms with Gasteiger partial charge in [0.05, 0.1) is 19.3 Å². The first kappa shape index (κ1) is 11.9. The van der Waals surface area contributed by atoms with Crippen LogP contribution in [0.15, 0.2) is 36.4 Å². The van der Waals surface area contributed by atoms with Crippen LogP contribution < -0.4 is 0 Å². The molecule has 0 aliphatic carbocycles. The highest BCUT2D eigenvalue weighted by atomic mass is 16.5. The number of hydrogen-bond donors (Lipinski definition) is 2. The number of methoxy groups -OCH3 is 1. The Morgan fingerprint density at radius 2 is 2.07 bits per heavy atom. The lowest BCUT2D eigenvalue weighted by Gasteiger charge is -2.08. The van der Waals surface area contributed by atoms with Crippen molar-refractivity contribution in [3.05, 3.63) is 42.0 Å². The maximum atomic E-state index is 9.50. The van der Waals surface area contributed by atoms with E-state index in [1.165, 1.54) is 7.11 Å². The third-order valence-corrected chi connectivity index (χ3v) is 2.05. The molecule has 0 aliphatic heterocycles. The predicted molar refractivity (Wildman–Crippen MR) is 59.4 cm³/mol. The van der Waals surface area contributed by atoms with Crippen molar-refractivity contribution >= 4 is 5.57 Å². The van der Waals surface area contributed by atoms with Gasteiger partial charge in [-0.25, -0.2) is 0 Å². The maximum absolute atomic E-state index is 9.50. The van der Waals surface area contributed by atoms with E-state index in [0.29, 0.717) is 5.57 Å². The fraction of sp³-hybridized carbons (Fsp3) is 0.333. The van der Waals surface area contributed by atoms with Gasteiger partial charge in [0.1, 0.15) is 0 Å². The summed E-state index contributed by atoms with van der Waals surface area (Å²) in [5, 5.41) is 18.7. The summed E-state index contributed by atoms with van der Waals surface area (Å²) in [5.74, 6) is 0. The van der Waals surface area contributed by atoms with E-state index in [4.69, 9.17) is 4.74 Å². The van der Waals surface area contributed by atoms with E-state index in [1.807, 2.05) is 30.3 Å². The van der Waals surface area contributed by atoms with Crippen molar-refractivity contribution in [2.24, 2.45) is 0 Å². The largest absolute Gasteiger partial charge is 0.392 e. The highest BCUT2D eigenvalue weighted by Crippen LogP contribution is 2.13. The molecule has 0 heterocycles. The minimum Gasteiger partial charge on any atom is -0.392 e. The normalized spacial score (nSPS) is 13.9. The van der Waals surface area contributed by atoms with Gasteiger partial charge in [-0.2, -0.15) is 0 Å². The minimum absolute atomic E-state index is 0.0925. The third kappa shape index (κ3) is 3.83. The molecule has 0 aromatic heterocycles. The number of rotatable bonds is 5. The quantitative estimate of drug-likeness (QED) is 0.761. The van der Waals surface area contributed by atoms with Gasteiger partial charge in [0.2, 0.25) is 0 Å². The Hall–Kier alpha value is -1.16. The second-order valence-electron chi connectivity index (χ2n) is 3.24. The van der Waals surface area contributed by atoms with Crippen molar-refractivity contribution in [3.8, 4) is 0 Å². The van der Waals surface area contributed by atoms with Crippen molar-refractivity contribution in [2.45, 2.75) is 6.10 Å². The molecule has 82 valence electrons. The molecule has 0 fully saturated rings. The van der Waals surface area contributed by atoms with Crippen molar-refractivity contribution in [2.75, 3.05) is 20.3 Å². The van der Waals surface area contributed by atoms with E-state index in [1.54, 1.807) is 6.08 Å². The topological polar surface area (TPSA) is 49.7 Å². The van der Waals surface area contributed by atoms with Gasteiger partial charge in [0.15, 0.2) is 0 Å². The molecule has 2 N–H and O–H groups in total. The summed E-state index contributed by atoms with van der Waals surface area (Å²) in [7, 11) is 1.53. The van der Waals surface area contributed by atoms with Gasteiger partial charge in [0.25, 0.3) is 0 Å². The van der Waals surface area contributed by atoms with E-state index >= 15 is 0 Å². The lowest BCUT2D eigenvalue weighted by Crippen LogP contribution is -2.11. The molecule has 1 atom stereocenters. The maximum Gasteiger partial charge on any atom is 0.0961 e. The second-order valence-corrected chi connectivity index (χ2v) is 3.24. The molecular formula is C12H16O3. The zero-order chi connectivity index (χ0) is 11.1. The summed E-state index contributed by atoms with van der Waals surface area (Å²) in [6, 6.07) is 9.47. The van der Waals surface area contributed by atoms with Crippen LogP contribution in [0.4, 0.5) is 0 Å². The van der Waals surface area contributed by atoms with E-state index < -0.39 is 6.10 Å². The molecule has 0 saturated heterocycles. The molecule has 1 rings (SSSR count). The van der Waals surface area contributed by atoms with Gasteiger partial charge in [0, 0.05) is 7.11 Å². The van der Waals surface area contributed by atoms with Gasteiger partial charge < -0.3 is 14.9 Å². The Labute approximate surface area is 89.6 Å².